The molecule has 0 aromatic carbocycles. The van der Waals surface area contributed by atoms with E-state index in [1.54, 1.807) is 16.6 Å². The van der Waals surface area contributed by atoms with Crippen molar-refractivity contribution in [1.82, 2.24) is 9.29 Å². The van der Waals surface area contributed by atoms with Gasteiger partial charge in [0.15, 0.2) is 0 Å². The maximum absolute atomic E-state index is 12.9. The maximum Gasteiger partial charge on any atom is 0.496 e. The lowest BCUT2D eigenvalue weighted by molar-refractivity contribution is 0.00578. The first-order chi connectivity index (χ1) is 11.5. The molecule has 0 spiro atoms. The van der Waals surface area contributed by atoms with E-state index < -0.39 is 28.3 Å². The molecular weight excluding hydrogens is 339 g/mol. The number of sulfonamides is 1. The third-order valence-electron chi connectivity index (χ3n) is 5.64. The Morgan fingerprint density at radius 2 is 1.68 bits per heavy atom. The van der Waals surface area contributed by atoms with E-state index in [9.17, 15) is 8.42 Å². The highest BCUT2D eigenvalue weighted by Gasteiger charge is 2.52. The largest absolute Gasteiger partial charge is 0.496 e. The normalized spacial score (nSPS) is 24.6. The monoisotopic (exact) mass is 366 g/mol. The Morgan fingerprint density at radius 1 is 1.12 bits per heavy atom. The highest BCUT2D eigenvalue weighted by atomic mass is 32.2. The van der Waals surface area contributed by atoms with Gasteiger partial charge in [-0.3, -0.25) is 4.98 Å². The van der Waals surface area contributed by atoms with Gasteiger partial charge in [0, 0.05) is 30.9 Å². The molecule has 3 rings (SSSR count). The van der Waals surface area contributed by atoms with Crippen molar-refractivity contribution < 1.29 is 17.7 Å². The lowest BCUT2D eigenvalue weighted by atomic mass is 9.80. The summed E-state index contributed by atoms with van der Waals surface area (Å²) in [6.07, 6.45) is 4.80. The van der Waals surface area contributed by atoms with Crippen LogP contribution in [0.3, 0.4) is 0 Å². The van der Waals surface area contributed by atoms with Crippen molar-refractivity contribution in [3.05, 3.63) is 18.5 Å². The van der Waals surface area contributed by atoms with E-state index in [-0.39, 0.29) is 4.90 Å². The fraction of sp³-hybridized carbons (Fsp3) is 0.706. The lowest BCUT2D eigenvalue weighted by Gasteiger charge is -2.32. The standard InChI is InChI=1S/C17H27BN2O4S/c1-13-6-8-20(9-7-13)25(21,22)15-10-14(11-19-12-15)18-23-16(2,3)17(4,5)24-18/h10-13H,6-9H2,1-5H3. The first-order valence-corrected chi connectivity index (χ1v) is 10.3. The molecule has 0 saturated carbocycles. The maximum atomic E-state index is 12.9. The van der Waals surface area contributed by atoms with Crippen LogP contribution in [0.1, 0.15) is 47.5 Å². The van der Waals surface area contributed by atoms with Gasteiger partial charge in [0.2, 0.25) is 10.0 Å². The predicted octanol–water partition coefficient (Wildman–Crippen LogP) is 1.80. The van der Waals surface area contributed by atoms with Crippen LogP contribution >= 0.6 is 0 Å². The number of hydrogen-bond acceptors (Lipinski definition) is 5. The summed E-state index contributed by atoms with van der Waals surface area (Å²) >= 11 is 0. The third kappa shape index (κ3) is 3.49. The molecule has 6 nitrogen and oxygen atoms in total. The van der Waals surface area contributed by atoms with E-state index in [1.165, 1.54) is 6.20 Å². The van der Waals surface area contributed by atoms with E-state index in [0.717, 1.165) is 12.8 Å². The zero-order chi connectivity index (χ0) is 18.5. The number of nitrogens with zero attached hydrogens (tertiary/aromatic N) is 2. The van der Waals surface area contributed by atoms with Crippen molar-refractivity contribution in [2.24, 2.45) is 5.92 Å². The smallest absolute Gasteiger partial charge is 0.399 e. The van der Waals surface area contributed by atoms with Crippen LogP contribution < -0.4 is 5.46 Å². The summed E-state index contributed by atoms with van der Waals surface area (Å²) in [6.45, 7) is 11.1. The Balaban J connectivity index is 1.85. The second-order valence-electron chi connectivity index (χ2n) is 8.13. The van der Waals surface area contributed by atoms with E-state index in [2.05, 4.69) is 11.9 Å². The van der Waals surface area contributed by atoms with Crippen LogP contribution in [0.5, 0.6) is 0 Å². The minimum atomic E-state index is -3.54. The Bertz CT molecular complexity index is 727. The fourth-order valence-corrected chi connectivity index (χ4v) is 4.53. The molecule has 2 fully saturated rings. The Labute approximate surface area is 151 Å². The highest BCUT2D eigenvalue weighted by Crippen LogP contribution is 2.36. The molecule has 0 unspecified atom stereocenters. The minimum Gasteiger partial charge on any atom is -0.399 e. The van der Waals surface area contributed by atoms with E-state index in [4.69, 9.17) is 9.31 Å². The molecule has 1 aromatic heterocycles. The quantitative estimate of drug-likeness (QED) is 0.763. The summed E-state index contributed by atoms with van der Waals surface area (Å²) in [5, 5.41) is 0. The van der Waals surface area contributed by atoms with Crippen LogP contribution in [0.2, 0.25) is 0 Å². The molecule has 0 bridgehead atoms. The molecule has 0 N–H and O–H groups in total. The van der Waals surface area contributed by atoms with Crippen molar-refractivity contribution in [2.75, 3.05) is 13.1 Å². The van der Waals surface area contributed by atoms with Gasteiger partial charge in [-0.05, 0) is 52.5 Å². The van der Waals surface area contributed by atoms with E-state index in [0.29, 0.717) is 24.5 Å². The number of pyridine rings is 1. The number of rotatable bonds is 3. The summed E-state index contributed by atoms with van der Waals surface area (Å²) in [5.41, 5.74) is -0.324. The molecule has 0 atom stereocenters. The summed E-state index contributed by atoms with van der Waals surface area (Å²) in [7, 11) is -4.15. The molecule has 138 valence electrons. The zero-order valence-corrected chi connectivity index (χ0v) is 16.5. The van der Waals surface area contributed by atoms with Crippen molar-refractivity contribution in [2.45, 2.75) is 63.6 Å². The molecular formula is C17H27BN2O4S. The van der Waals surface area contributed by atoms with Gasteiger partial charge >= 0.3 is 7.12 Å². The van der Waals surface area contributed by atoms with Crippen molar-refractivity contribution >= 4 is 22.6 Å². The Morgan fingerprint density at radius 3 is 2.24 bits per heavy atom. The summed E-state index contributed by atoms with van der Waals surface area (Å²) in [5.74, 6) is 0.570. The fourth-order valence-electron chi connectivity index (χ4n) is 3.06. The van der Waals surface area contributed by atoms with Gasteiger partial charge in [-0.1, -0.05) is 6.92 Å². The topological polar surface area (TPSA) is 68.7 Å². The van der Waals surface area contributed by atoms with E-state index >= 15 is 0 Å². The molecule has 2 aliphatic rings. The lowest BCUT2D eigenvalue weighted by Crippen LogP contribution is -2.41. The molecule has 3 heterocycles. The first kappa shape index (κ1) is 18.8. The van der Waals surface area contributed by atoms with Crippen molar-refractivity contribution in [3.8, 4) is 0 Å². The Kier molecular flexibility index (Phi) is 4.77. The average Bonchev–Trinajstić information content (AvgIpc) is 2.76. The van der Waals surface area contributed by atoms with Gasteiger partial charge in [-0.25, -0.2) is 8.42 Å². The highest BCUT2D eigenvalue weighted by molar-refractivity contribution is 7.89. The molecule has 1 aromatic rings. The molecule has 8 heteroatoms. The second kappa shape index (κ2) is 6.34. The van der Waals surface area contributed by atoms with Gasteiger partial charge in [-0.15, -0.1) is 0 Å². The first-order valence-electron chi connectivity index (χ1n) is 8.84. The average molecular weight is 366 g/mol. The Hall–Kier alpha value is -0.955. The number of aromatic nitrogens is 1. The summed E-state index contributed by atoms with van der Waals surface area (Å²) in [6, 6.07) is 1.63. The summed E-state index contributed by atoms with van der Waals surface area (Å²) in [4.78, 5) is 4.34. The van der Waals surface area contributed by atoms with Gasteiger partial charge in [0.25, 0.3) is 0 Å². The van der Waals surface area contributed by atoms with Gasteiger partial charge in [-0.2, -0.15) is 4.31 Å². The third-order valence-corrected chi connectivity index (χ3v) is 7.50. The van der Waals surface area contributed by atoms with Gasteiger partial charge in [0.05, 0.1) is 11.2 Å². The van der Waals surface area contributed by atoms with Crippen LogP contribution in [0, 0.1) is 5.92 Å². The minimum absolute atomic E-state index is 0.203. The van der Waals surface area contributed by atoms with Crippen LogP contribution in [-0.4, -0.2) is 49.1 Å². The molecule has 0 radical (unpaired) electrons. The van der Waals surface area contributed by atoms with Gasteiger partial charge < -0.3 is 9.31 Å². The number of piperidine rings is 1. The molecule has 0 amide bonds. The van der Waals surface area contributed by atoms with Crippen molar-refractivity contribution in [3.63, 3.8) is 0 Å². The van der Waals surface area contributed by atoms with Crippen LogP contribution in [0.4, 0.5) is 0 Å². The van der Waals surface area contributed by atoms with Crippen molar-refractivity contribution in [1.29, 1.82) is 0 Å². The van der Waals surface area contributed by atoms with E-state index in [1.807, 2.05) is 27.7 Å². The molecule has 0 aliphatic carbocycles. The van der Waals surface area contributed by atoms with Crippen LogP contribution in [0.15, 0.2) is 23.4 Å². The predicted molar refractivity (Wildman–Crippen MR) is 97.1 cm³/mol. The second-order valence-corrected chi connectivity index (χ2v) is 10.1. The van der Waals surface area contributed by atoms with Crippen LogP contribution in [0.25, 0.3) is 0 Å². The molecule has 25 heavy (non-hydrogen) atoms. The molecule has 2 aliphatic heterocycles. The molecule has 2 saturated heterocycles. The number of hydrogen-bond donors (Lipinski definition) is 0. The zero-order valence-electron chi connectivity index (χ0n) is 15.7. The van der Waals surface area contributed by atoms with Crippen LogP contribution in [-0.2, 0) is 19.3 Å². The SMILES string of the molecule is CC1CCN(S(=O)(=O)c2cncc(B3OC(C)(C)C(C)(C)O3)c2)CC1. The summed E-state index contributed by atoms with van der Waals surface area (Å²) < 4.78 is 39.4. The van der Waals surface area contributed by atoms with Gasteiger partial charge in [0.1, 0.15) is 4.90 Å².